The first-order chi connectivity index (χ1) is 13.6. The van der Waals surface area contributed by atoms with Crippen molar-refractivity contribution >= 4 is 27.7 Å². The molecule has 0 aliphatic rings. The fourth-order valence-electron chi connectivity index (χ4n) is 3.80. The number of H-pyrrole nitrogens is 1. The third-order valence-electron chi connectivity index (χ3n) is 5.18. The van der Waals surface area contributed by atoms with Gasteiger partial charge < -0.3 is 9.88 Å². The third kappa shape index (κ3) is 2.97. The van der Waals surface area contributed by atoms with Crippen LogP contribution in [-0.4, -0.2) is 20.7 Å². The second-order valence-corrected chi connectivity index (χ2v) is 6.91. The molecule has 1 amide bonds. The number of rotatable bonds is 5. The highest BCUT2D eigenvalue weighted by atomic mass is 16.2. The van der Waals surface area contributed by atoms with E-state index in [0.717, 1.165) is 21.9 Å². The van der Waals surface area contributed by atoms with E-state index in [2.05, 4.69) is 15.5 Å². The standard InChI is InChI=1S/C22H22N4O2/c1-3-18(21(27)24-14(2)15-9-5-4-6-10-15)26-19-12-8-7-11-16(19)17-13-23-25-22(28)20(17)26/h4-14,18H,3H2,1-2H3,(H,24,27)(H,25,28)/t14-,18-/m0/s1. The highest BCUT2D eigenvalue weighted by molar-refractivity contribution is 6.08. The van der Waals surface area contributed by atoms with Gasteiger partial charge in [0, 0.05) is 10.8 Å². The Morgan fingerprint density at radius 1 is 1.11 bits per heavy atom. The number of hydrogen-bond acceptors (Lipinski definition) is 3. The maximum atomic E-state index is 13.2. The molecule has 28 heavy (non-hydrogen) atoms. The van der Waals surface area contributed by atoms with Crippen LogP contribution in [0.3, 0.4) is 0 Å². The molecule has 2 N–H and O–H groups in total. The van der Waals surface area contributed by atoms with Gasteiger partial charge >= 0.3 is 0 Å². The first-order valence-electron chi connectivity index (χ1n) is 9.43. The van der Waals surface area contributed by atoms with Gasteiger partial charge in [-0.05, 0) is 25.0 Å². The van der Waals surface area contributed by atoms with Gasteiger partial charge in [0.2, 0.25) is 5.91 Å². The van der Waals surface area contributed by atoms with E-state index in [-0.39, 0.29) is 17.5 Å². The quantitative estimate of drug-likeness (QED) is 0.559. The summed E-state index contributed by atoms with van der Waals surface area (Å²) in [6.45, 7) is 3.91. The van der Waals surface area contributed by atoms with Gasteiger partial charge in [-0.15, -0.1) is 0 Å². The zero-order valence-corrected chi connectivity index (χ0v) is 15.8. The van der Waals surface area contributed by atoms with Gasteiger partial charge in [0.05, 0.1) is 17.8 Å². The molecule has 0 aliphatic carbocycles. The molecule has 4 aromatic rings. The first kappa shape index (κ1) is 18.0. The molecule has 0 spiro atoms. The fraction of sp³-hybridized carbons (Fsp3) is 0.227. The predicted molar refractivity (Wildman–Crippen MR) is 110 cm³/mol. The van der Waals surface area contributed by atoms with Crippen LogP contribution >= 0.6 is 0 Å². The lowest BCUT2D eigenvalue weighted by molar-refractivity contribution is -0.124. The maximum absolute atomic E-state index is 13.2. The van der Waals surface area contributed by atoms with Crippen molar-refractivity contribution in [3.8, 4) is 0 Å². The number of hydrogen-bond donors (Lipinski definition) is 2. The Hall–Kier alpha value is -3.41. The van der Waals surface area contributed by atoms with Crippen LogP contribution in [0.25, 0.3) is 21.8 Å². The first-order valence-corrected chi connectivity index (χ1v) is 9.43. The number of carbonyl (C=O) groups excluding carboxylic acids is 1. The van der Waals surface area contributed by atoms with E-state index >= 15 is 0 Å². The van der Waals surface area contributed by atoms with Crippen molar-refractivity contribution in [2.75, 3.05) is 0 Å². The van der Waals surface area contributed by atoms with Crippen LogP contribution in [0.2, 0.25) is 0 Å². The van der Waals surface area contributed by atoms with Crippen molar-refractivity contribution < 1.29 is 4.79 Å². The zero-order valence-electron chi connectivity index (χ0n) is 15.8. The molecule has 2 aromatic carbocycles. The minimum Gasteiger partial charge on any atom is -0.348 e. The summed E-state index contributed by atoms with van der Waals surface area (Å²) in [4.78, 5) is 25.8. The molecular weight excluding hydrogens is 352 g/mol. The smallest absolute Gasteiger partial charge is 0.288 e. The van der Waals surface area contributed by atoms with Crippen LogP contribution in [-0.2, 0) is 4.79 Å². The van der Waals surface area contributed by atoms with Gasteiger partial charge in [0.1, 0.15) is 11.6 Å². The lowest BCUT2D eigenvalue weighted by Crippen LogP contribution is -2.34. The number of amides is 1. The Morgan fingerprint density at radius 3 is 2.57 bits per heavy atom. The summed E-state index contributed by atoms with van der Waals surface area (Å²) in [5.41, 5.74) is 2.07. The minimum atomic E-state index is -0.503. The Balaban J connectivity index is 1.80. The molecule has 2 heterocycles. The van der Waals surface area contributed by atoms with Crippen molar-refractivity contribution in [1.29, 1.82) is 0 Å². The number of benzene rings is 2. The van der Waals surface area contributed by atoms with E-state index in [1.165, 1.54) is 0 Å². The van der Waals surface area contributed by atoms with Gasteiger partial charge in [0.25, 0.3) is 5.56 Å². The largest absolute Gasteiger partial charge is 0.348 e. The molecule has 6 heteroatoms. The number of nitrogens with zero attached hydrogens (tertiary/aromatic N) is 2. The molecular formula is C22H22N4O2. The number of aromatic nitrogens is 3. The summed E-state index contributed by atoms with van der Waals surface area (Å²) in [6.07, 6.45) is 2.20. The van der Waals surface area contributed by atoms with E-state index < -0.39 is 6.04 Å². The summed E-state index contributed by atoms with van der Waals surface area (Å²) < 4.78 is 1.85. The average molecular weight is 374 g/mol. The van der Waals surface area contributed by atoms with E-state index in [1.54, 1.807) is 6.20 Å². The van der Waals surface area contributed by atoms with Gasteiger partial charge in [-0.25, -0.2) is 5.10 Å². The highest BCUT2D eigenvalue weighted by Gasteiger charge is 2.26. The normalized spacial score (nSPS) is 13.5. The molecule has 0 fully saturated rings. The monoisotopic (exact) mass is 374 g/mol. The summed E-state index contributed by atoms with van der Waals surface area (Å²) in [6, 6.07) is 16.9. The lowest BCUT2D eigenvalue weighted by Gasteiger charge is -2.22. The summed E-state index contributed by atoms with van der Waals surface area (Å²) >= 11 is 0. The summed E-state index contributed by atoms with van der Waals surface area (Å²) in [7, 11) is 0. The molecule has 4 rings (SSSR count). The second kappa shape index (κ2) is 7.31. The molecule has 0 bridgehead atoms. The van der Waals surface area contributed by atoms with Crippen LogP contribution in [0.4, 0.5) is 0 Å². The summed E-state index contributed by atoms with van der Waals surface area (Å²) in [5, 5.41) is 11.2. The Bertz CT molecular complexity index is 1190. The van der Waals surface area contributed by atoms with Crippen molar-refractivity contribution in [2.24, 2.45) is 0 Å². The van der Waals surface area contributed by atoms with Gasteiger partial charge in [-0.1, -0.05) is 55.5 Å². The van der Waals surface area contributed by atoms with Crippen LogP contribution in [0.15, 0.2) is 65.6 Å². The number of carbonyl (C=O) groups is 1. The lowest BCUT2D eigenvalue weighted by atomic mass is 10.1. The van der Waals surface area contributed by atoms with Crippen molar-refractivity contribution in [1.82, 2.24) is 20.1 Å². The third-order valence-corrected chi connectivity index (χ3v) is 5.18. The van der Waals surface area contributed by atoms with E-state index in [9.17, 15) is 9.59 Å². The van der Waals surface area contributed by atoms with Gasteiger partial charge in [-0.2, -0.15) is 5.10 Å². The predicted octanol–water partition coefficient (Wildman–Crippen LogP) is 3.71. The van der Waals surface area contributed by atoms with Gasteiger partial charge in [-0.3, -0.25) is 9.59 Å². The van der Waals surface area contributed by atoms with Crippen molar-refractivity contribution in [3.63, 3.8) is 0 Å². The molecule has 0 unspecified atom stereocenters. The molecule has 0 radical (unpaired) electrons. The molecule has 0 aliphatic heterocycles. The number of nitrogens with one attached hydrogen (secondary N) is 2. The zero-order chi connectivity index (χ0) is 19.7. The SMILES string of the molecule is CC[C@@H](C(=O)N[C@@H](C)c1ccccc1)n1c2ccccc2c2cn[nH]c(=O)c21. The van der Waals surface area contributed by atoms with Crippen molar-refractivity contribution in [2.45, 2.75) is 32.4 Å². The topological polar surface area (TPSA) is 79.8 Å². The number of aromatic amines is 1. The second-order valence-electron chi connectivity index (χ2n) is 6.91. The van der Waals surface area contributed by atoms with Crippen LogP contribution < -0.4 is 10.9 Å². The molecule has 2 atom stereocenters. The Labute approximate surface area is 162 Å². The minimum absolute atomic E-state index is 0.113. The molecule has 0 saturated heterocycles. The van der Waals surface area contributed by atoms with E-state index in [0.29, 0.717) is 11.9 Å². The average Bonchev–Trinajstić information content (AvgIpc) is 3.05. The maximum Gasteiger partial charge on any atom is 0.288 e. The highest BCUT2D eigenvalue weighted by Crippen LogP contribution is 2.31. The molecule has 142 valence electrons. The van der Waals surface area contributed by atoms with E-state index in [4.69, 9.17) is 0 Å². The molecule has 6 nitrogen and oxygen atoms in total. The van der Waals surface area contributed by atoms with Crippen LogP contribution in [0.5, 0.6) is 0 Å². The van der Waals surface area contributed by atoms with Crippen LogP contribution in [0, 0.1) is 0 Å². The number of fused-ring (bicyclic) bond motifs is 3. The summed E-state index contributed by atoms with van der Waals surface area (Å²) in [5.74, 6) is -0.113. The Morgan fingerprint density at radius 2 is 1.82 bits per heavy atom. The Kier molecular flexibility index (Phi) is 4.69. The fourth-order valence-corrected chi connectivity index (χ4v) is 3.80. The number of para-hydroxylation sites is 1. The van der Waals surface area contributed by atoms with Crippen LogP contribution in [0.1, 0.15) is 37.9 Å². The molecule has 0 saturated carbocycles. The van der Waals surface area contributed by atoms with Crippen molar-refractivity contribution in [3.05, 3.63) is 76.7 Å². The molecule has 2 aromatic heterocycles. The van der Waals surface area contributed by atoms with E-state index in [1.807, 2.05) is 73.0 Å². The van der Waals surface area contributed by atoms with Gasteiger partial charge in [0.15, 0.2) is 0 Å².